The Labute approximate surface area is 118 Å². The highest BCUT2D eigenvalue weighted by Crippen LogP contribution is 2.29. The van der Waals surface area contributed by atoms with Crippen LogP contribution in [0.5, 0.6) is 5.75 Å². The minimum absolute atomic E-state index is 0.0486. The fraction of sp³-hybridized carbons (Fsp3) is 0. The molecule has 0 aliphatic heterocycles. The van der Waals surface area contributed by atoms with Crippen molar-refractivity contribution in [1.29, 1.82) is 0 Å². The molecule has 0 fully saturated rings. The molecule has 0 bridgehead atoms. The number of para-hydroxylation sites is 1. The number of aromatic hydroxyl groups is 1. The van der Waals surface area contributed by atoms with Crippen LogP contribution in [0.4, 0.5) is 17.1 Å². The summed E-state index contributed by atoms with van der Waals surface area (Å²) >= 11 is 0. The average molecular weight is 287 g/mol. The van der Waals surface area contributed by atoms with E-state index in [1.165, 1.54) is 24.3 Å². The molecule has 0 atom stereocenters. The van der Waals surface area contributed by atoms with E-state index < -0.39 is 16.6 Å². The van der Waals surface area contributed by atoms with Crippen molar-refractivity contribution >= 4 is 23.0 Å². The maximum Gasteiger partial charge on any atom is 0.339 e. The number of carboxylic acid groups (broad SMARTS) is 1. The van der Waals surface area contributed by atoms with E-state index in [4.69, 9.17) is 5.11 Å². The van der Waals surface area contributed by atoms with Crippen LogP contribution in [0.2, 0.25) is 0 Å². The summed E-state index contributed by atoms with van der Waals surface area (Å²) in [5, 5.41) is 36.5. The number of hydrogen-bond donors (Lipinski definition) is 2. The zero-order chi connectivity index (χ0) is 15.4. The maximum atomic E-state index is 10.9. The lowest BCUT2D eigenvalue weighted by molar-refractivity contribution is -0.384. The van der Waals surface area contributed by atoms with E-state index in [-0.39, 0.29) is 22.6 Å². The zero-order valence-electron chi connectivity index (χ0n) is 10.5. The molecule has 2 N–H and O–H groups in total. The van der Waals surface area contributed by atoms with Crippen LogP contribution in [-0.2, 0) is 0 Å². The second kappa shape index (κ2) is 5.78. The molecule has 0 aromatic heterocycles. The molecule has 2 rings (SSSR count). The number of aromatic carboxylic acids is 1. The van der Waals surface area contributed by atoms with Gasteiger partial charge in [0.1, 0.15) is 11.3 Å². The van der Waals surface area contributed by atoms with Gasteiger partial charge in [0.2, 0.25) is 0 Å². The van der Waals surface area contributed by atoms with Crippen LogP contribution in [-0.4, -0.2) is 21.1 Å². The smallest absolute Gasteiger partial charge is 0.339 e. The van der Waals surface area contributed by atoms with Crippen molar-refractivity contribution in [2.75, 3.05) is 0 Å². The molecule has 0 saturated carbocycles. The normalized spacial score (nSPS) is 10.7. The number of rotatable bonds is 4. The Hall–Kier alpha value is -3.29. The minimum Gasteiger partial charge on any atom is -0.507 e. The third-order valence-electron chi connectivity index (χ3n) is 2.56. The number of benzene rings is 2. The molecule has 0 radical (unpaired) electrons. The molecular formula is C13H9N3O5. The largest absolute Gasteiger partial charge is 0.507 e. The summed E-state index contributed by atoms with van der Waals surface area (Å²) in [5.41, 5.74) is -0.330. The summed E-state index contributed by atoms with van der Waals surface area (Å²) in [7, 11) is 0. The highest BCUT2D eigenvalue weighted by molar-refractivity contribution is 5.91. The molecule has 2 aromatic rings. The minimum atomic E-state index is -1.31. The number of carbonyl (C=O) groups is 1. The number of nitrogens with zero attached hydrogens (tertiary/aromatic N) is 3. The third-order valence-corrected chi connectivity index (χ3v) is 2.56. The van der Waals surface area contributed by atoms with Gasteiger partial charge in [-0.05, 0) is 24.3 Å². The van der Waals surface area contributed by atoms with Gasteiger partial charge in [0.05, 0.1) is 10.6 Å². The van der Waals surface area contributed by atoms with Gasteiger partial charge >= 0.3 is 5.97 Å². The summed E-state index contributed by atoms with van der Waals surface area (Å²) in [4.78, 5) is 21.1. The summed E-state index contributed by atoms with van der Waals surface area (Å²) in [6, 6.07) is 9.41. The number of hydrogen-bond acceptors (Lipinski definition) is 6. The van der Waals surface area contributed by atoms with Gasteiger partial charge < -0.3 is 10.2 Å². The predicted molar refractivity (Wildman–Crippen MR) is 72.3 cm³/mol. The Kier molecular flexibility index (Phi) is 3.89. The van der Waals surface area contributed by atoms with E-state index in [2.05, 4.69) is 10.2 Å². The second-order valence-electron chi connectivity index (χ2n) is 3.95. The van der Waals surface area contributed by atoms with Crippen LogP contribution in [0.3, 0.4) is 0 Å². The first kappa shape index (κ1) is 14.1. The second-order valence-corrected chi connectivity index (χ2v) is 3.95. The van der Waals surface area contributed by atoms with Crippen LogP contribution in [0, 0.1) is 10.1 Å². The van der Waals surface area contributed by atoms with Crippen molar-refractivity contribution < 1.29 is 19.9 Å². The molecule has 0 aliphatic rings. The van der Waals surface area contributed by atoms with E-state index in [0.29, 0.717) is 0 Å². The van der Waals surface area contributed by atoms with Crippen molar-refractivity contribution in [3.8, 4) is 5.75 Å². The van der Waals surface area contributed by atoms with Crippen LogP contribution in [0.1, 0.15) is 10.4 Å². The van der Waals surface area contributed by atoms with Crippen molar-refractivity contribution in [2.45, 2.75) is 0 Å². The van der Waals surface area contributed by atoms with E-state index in [9.17, 15) is 20.0 Å². The van der Waals surface area contributed by atoms with Gasteiger partial charge in [-0.2, -0.15) is 5.11 Å². The molecule has 21 heavy (non-hydrogen) atoms. The average Bonchev–Trinajstić information content (AvgIpc) is 2.46. The fourth-order valence-corrected chi connectivity index (χ4v) is 1.57. The van der Waals surface area contributed by atoms with Crippen LogP contribution >= 0.6 is 0 Å². The molecule has 0 amide bonds. The third kappa shape index (κ3) is 3.18. The Morgan fingerprint density at radius 3 is 2.52 bits per heavy atom. The number of carboxylic acids is 1. The standard InChI is InChI=1S/C13H9N3O5/c17-12-6-5-8(7-9(12)13(18)19)14-15-10-3-1-2-4-11(10)16(20)21/h1-7,17H,(H,18,19). The van der Waals surface area contributed by atoms with Gasteiger partial charge in [-0.25, -0.2) is 4.79 Å². The van der Waals surface area contributed by atoms with Gasteiger partial charge in [-0.1, -0.05) is 12.1 Å². The number of nitro groups is 1. The van der Waals surface area contributed by atoms with Crippen molar-refractivity contribution in [3.63, 3.8) is 0 Å². The molecule has 2 aromatic carbocycles. The summed E-state index contributed by atoms with van der Waals surface area (Å²) in [6.45, 7) is 0. The van der Waals surface area contributed by atoms with E-state index >= 15 is 0 Å². The topological polar surface area (TPSA) is 125 Å². The Balaban J connectivity index is 2.36. The lowest BCUT2D eigenvalue weighted by Crippen LogP contribution is -1.95. The molecule has 0 saturated heterocycles. The molecule has 106 valence electrons. The molecule has 0 unspecified atom stereocenters. The Morgan fingerprint density at radius 1 is 1.14 bits per heavy atom. The van der Waals surface area contributed by atoms with E-state index in [0.717, 1.165) is 12.1 Å². The van der Waals surface area contributed by atoms with Gasteiger partial charge in [-0.3, -0.25) is 10.1 Å². The molecule has 0 heterocycles. The Bertz CT molecular complexity index is 742. The predicted octanol–water partition coefficient (Wildman–Crippen LogP) is 3.41. The van der Waals surface area contributed by atoms with E-state index in [1.54, 1.807) is 6.07 Å². The number of nitro benzene ring substituents is 1. The first-order valence-electron chi connectivity index (χ1n) is 5.70. The highest BCUT2D eigenvalue weighted by atomic mass is 16.6. The lowest BCUT2D eigenvalue weighted by atomic mass is 10.2. The first-order valence-corrected chi connectivity index (χ1v) is 5.70. The SMILES string of the molecule is O=C(O)c1cc(N=Nc2ccccc2[N+](=O)[O-])ccc1O. The van der Waals surface area contributed by atoms with Gasteiger partial charge in [0, 0.05) is 6.07 Å². The van der Waals surface area contributed by atoms with Gasteiger partial charge in [0.15, 0.2) is 5.69 Å². The van der Waals surface area contributed by atoms with Crippen LogP contribution in [0.15, 0.2) is 52.7 Å². The summed E-state index contributed by atoms with van der Waals surface area (Å²) < 4.78 is 0. The lowest BCUT2D eigenvalue weighted by Gasteiger charge is -2.00. The van der Waals surface area contributed by atoms with Crippen LogP contribution in [0.25, 0.3) is 0 Å². The number of azo groups is 1. The van der Waals surface area contributed by atoms with Crippen molar-refractivity contribution in [2.24, 2.45) is 10.2 Å². The fourth-order valence-electron chi connectivity index (χ4n) is 1.57. The molecule has 0 aliphatic carbocycles. The van der Waals surface area contributed by atoms with Gasteiger partial charge in [-0.15, -0.1) is 5.11 Å². The molecule has 8 heteroatoms. The van der Waals surface area contributed by atoms with Crippen molar-refractivity contribution in [1.82, 2.24) is 0 Å². The highest BCUT2D eigenvalue weighted by Gasteiger charge is 2.12. The van der Waals surface area contributed by atoms with Crippen LogP contribution < -0.4 is 0 Å². The van der Waals surface area contributed by atoms with E-state index in [1.807, 2.05) is 0 Å². The quantitative estimate of drug-likeness (QED) is 0.506. The van der Waals surface area contributed by atoms with Gasteiger partial charge in [0.25, 0.3) is 5.69 Å². The molecule has 8 nitrogen and oxygen atoms in total. The summed E-state index contributed by atoms with van der Waals surface area (Å²) in [6.07, 6.45) is 0. The Morgan fingerprint density at radius 2 is 1.86 bits per heavy atom. The maximum absolute atomic E-state index is 10.9. The molecular weight excluding hydrogens is 278 g/mol. The molecule has 0 spiro atoms. The summed E-state index contributed by atoms with van der Waals surface area (Å²) in [5.74, 6) is -1.71. The number of phenols is 1. The zero-order valence-corrected chi connectivity index (χ0v) is 10.5. The van der Waals surface area contributed by atoms with Crippen molar-refractivity contribution in [3.05, 3.63) is 58.1 Å². The first-order chi connectivity index (χ1) is 9.99. The monoisotopic (exact) mass is 287 g/mol.